The molecule has 2 heterocycles. The third-order valence-corrected chi connectivity index (χ3v) is 2.82. The highest BCUT2D eigenvalue weighted by atomic mass is 32.1. The third-order valence-electron chi connectivity index (χ3n) is 2.63. The molecule has 0 atom stereocenters. The van der Waals surface area contributed by atoms with Crippen LogP contribution in [0.25, 0.3) is 22.4 Å². The second kappa shape index (κ2) is 3.92. The van der Waals surface area contributed by atoms with Gasteiger partial charge in [0.1, 0.15) is 16.9 Å². The zero-order valence-corrected chi connectivity index (χ0v) is 10.2. The van der Waals surface area contributed by atoms with Crippen molar-refractivity contribution in [3.05, 3.63) is 39.4 Å². The summed E-state index contributed by atoms with van der Waals surface area (Å²) in [6.07, 6.45) is 0. The number of nitrogens with zero attached hydrogens (tertiary/aromatic N) is 1. The average Bonchev–Trinajstić information content (AvgIpc) is 2.36. The quantitative estimate of drug-likeness (QED) is 0.537. The maximum Gasteiger partial charge on any atom is 0.262 e. The summed E-state index contributed by atoms with van der Waals surface area (Å²) >= 11 is 4.85. The van der Waals surface area contributed by atoms with Crippen LogP contribution in [0, 0.1) is 4.77 Å². The first kappa shape index (κ1) is 10.9. The first-order valence-corrected chi connectivity index (χ1v) is 5.60. The van der Waals surface area contributed by atoms with E-state index >= 15 is 0 Å². The van der Waals surface area contributed by atoms with E-state index in [1.807, 2.05) is 6.07 Å². The normalized spacial score (nSPS) is 10.9. The average molecular weight is 260 g/mol. The second-order valence-corrected chi connectivity index (χ2v) is 4.13. The summed E-state index contributed by atoms with van der Waals surface area (Å²) in [5.41, 5.74) is 0.669. The maximum absolute atomic E-state index is 11.7. The smallest absolute Gasteiger partial charge is 0.262 e. The van der Waals surface area contributed by atoms with Crippen molar-refractivity contribution in [3.8, 4) is 17.2 Å². The van der Waals surface area contributed by atoms with Gasteiger partial charge in [-0.3, -0.25) is 9.78 Å². The molecule has 1 N–H and O–H groups in total. The van der Waals surface area contributed by atoms with E-state index in [1.54, 1.807) is 25.3 Å². The molecule has 1 aromatic rings. The summed E-state index contributed by atoms with van der Waals surface area (Å²) in [5.74, 6) is 0.901. The molecule has 90 valence electrons. The van der Waals surface area contributed by atoms with Crippen LogP contribution in [0.1, 0.15) is 0 Å². The predicted molar refractivity (Wildman–Crippen MR) is 68.6 cm³/mol. The number of benzene rings is 1. The molecule has 6 heteroatoms. The molecule has 3 rings (SSSR count). The minimum atomic E-state index is -0.300. The number of fused-ring (bicyclic) bond motifs is 2. The van der Waals surface area contributed by atoms with Crippen LogP contribution in [0.4, 0.5) is 0 Å². The molecule has 5 nitrogen and oxygen atoms in total. The monoisotopic (exact) mass is 260 g/mol. The maximum atomic E-state index is 11.7. The Morgan fingerprint density at radius 1 is 1.39 bits per heavy atom. The molecule has 2 aliphatic rings. The van der Waals surface area contributed by atoms with Gasteiger partial charge in [0.15, 0.2) is 0 Å². The van der Waals surface area contributed by atoms with Crippen LogP contribution >= 0.6 is 12.2 Å². The molecule has 0 spiro atoms. The number of H-pyrrole nitrogens is 1. The minimum absolute atomic E-state index is 0.110. The number of hydrogen-bond donors (Lipinski definition) is 1. The zero-order valence-electron chi connectivity index (χ0n) is 9.39. The van der Waals surface area contributed by atoms with Crippen LogP contribution in [-0.4, -0.2) is 17.1 Å². The van der Waals surface area contributed by atoms with Crippen molar-refractivity contribution < 1.29 is 9.15 Å². The lowest BCUT2D eigenvalue weighted by Gasteiger charge is -2.06. The summed E-state index contributed by atoms with van der Waals surface area (Å²) < 4.78 is 10.8. The van der Waals surface area contributed by atoms with Crippen molar-refractivity contribution in [1.82, 2.24) is 9.97 Å². The lowest BCUT2D eigenvalue weighted by atomic mass is 10.1. The first-order chi connectivity index (χ1) is 8.67. The van der Waals surface area contributed by atoms with Gasteiger partial charge < -0.3 is 9.15 Å². The molecule has 0 saturated heterocycles. The number of methoxy groups -OCH3 is 1. The molecule has 0 amide bonds. The van der Waals surface area contributed by atoms with Crippen LogP contribution in [0.2, 0.25) is 0 Å². The summed E-state index contributed by atoms with van der Waals surface area (Å²) in [4.78, 5) is 18.2. The lowest BCUT2D eigenvalue weighted by Crippen LogP contribution is -2.11. The summed E-state index contributed by atoms with van der Waals surface area (Å²) in [6.45, 7) is 0. The van der Waals surface area contributed by atoms with E-state index in [0.717, 1.165) is 5.39 Å². The molecule has 2 aliphatic heterocycles. The number of aromatic nitrogens is 2. The highest BCUT2D eigenvalue weighted by Crippen LogP contribution is 2.26. The Morgan fingerprint density at radius 2 is 2.22 bits per heavy atom. The molecular weight excluding hydrogens is 252 g/mol. The van der Waals surface area contributed by atoms with Gasteiger partial charge in [-0.15, -0.1) is 0 Å². The molecular formula is C12H8N2O3S. The molecule has 1 aromatic carbocycles. The molecule has 0 fully saturated rings. The molecule has 0 aromatic heterocycles. The number of nitrogens with one attached hydrogen (secondary N) is 1. The van der Waals surface area contributed by atoms with Crippen molar-refractivity contribution in [2.24, 2.45) is 0 Å². The molecule has 18 heavy (non-hydrogen) atoms. The molecule has 0 unspecified atom stereocenters. The SMILES string of the molecule is COc1ccc2cc3c(=O)[nH]c(=S)nc-3oc2c1. The Labute approximate surface area is 106 Å². The van der Waals surface area contributed by atoms with E-state index in [0.29, 0.717) is 16.9 Å². The van der Waals surface area contributed by atoms with E-state index in [1.165, 1.54) is 0 Å². The molecule has 0 saturated carbocycles. The number of hydrogen-bond acceptors (Lipinski definition) is 5. The van der Waals surface area contributed by atoms with Gasteiger partial charge in [-0.05, 0) is 30.4 Å². The van der Waals surface area contributed by atoms with Gasteiger partial charge in [-0.25, -0.2) is 0 Å². The van der Waals surface area contributed by atoms with Crippen molar-refractivity contribution in [1.29, 1.82) is 0 Å². The van der Waals surface area contributed by atoms with Crippen LogP contribution in [0.3, 0.4) is 0 Å². The number of rotatable bonds is 1. The summed E-state index contributed by atoms with van der Waals surface area (Å²) in [5, 5.41) is 0.799. The fourth-order valence-corrected chi connectivity index (χ4v) is 1.93. The van der Waals surface area contributed by atoms with Crippen molar-refractivity contribution in [2.45, 2.75) is 0 Å². The van der Waals surface area contributed by atoms with Crippen LogP contribution in [-0.2, 0) is 0 Å². The van der Waals surface area contributed by atoms with E-state index < -0.39 is 0 Å². The largest absolute Gasteiger partial charge is 0.497 e. The second-order valence-electron chi connectivity index (χ2n) is 3.74. The Bertz CT molecular complexity index is 822. The fourth-order valence-electron chi connectivity index (χ4n) is 1.76. The van der Waals surface area contributed by atoms with Crippen LogP contribution in [0.15, 0.2) is 33.5 Å². The molecule has 0 radical (unpaired) electrons. The highest BCUT2D eigenvalue weighted by Gasteiger charge is 2.13. The van der Waals surface area contributed by atoms with E-state index in [-0.39, 0.29) is 16.2 Å². The third kappa shape index (κ3) is 1.67. The standard InChI is InChI=1S/C12H8N2O3S/c1-16-7-3-2-6-4-8-10(15)13-12(18)14-11(8)17-9(6)5-7/h2-5H,1H3,(H,13,15,18). The van der Waals surface area contributed by atoms with Gasteiger partial charge in [0.05, 0.1) is 7.11 Å². The lowest BCUT2D eigenvalue weighted by molar-refractivity contribution is 0.414. The summed E-state index contributed by atoms with van der Waals surface area (Å²) in [7, 11) is 1.58. The first-order valence-electron chi connectivity index (χ1n) is 5.19. The van der Waals surface area contributed by atoms with Gasteiger partial charge in [0, 0.05) is 11.5 Å². The van der Waals surface area contributed by atoms with Crippen molar-refractivity contribution in [3.63, 3.8) is 0 Å². The van der Waals surface area contributed by atoms with Crippen molar-refractivity contribution in [2.75, 3.05) is 7.11 Å². The van der Waals surface area contributed by atoms with Gasteiger partial charge >= 0.3 is 0 Å². The Morgan fingerprint density at radius 3 is 3.00 bits per heavy atom. The highest BCUT2D eigenvalue weighted by molar-refractivity contribution is 7.71. The topological polar surface area (TPSA) is 68.1 Å². The van der Waals surface area contributed by atoms with Crippen LogP contribution < -0.4 is 10.3 Å². The Balaban J connectivity index is 2.44. The number of aromatic amines is 1. The minimum Gasteiger partial charge on any atom is -0.497 e. The predicted octanol–water partition coefficient (Wildman–Crippen LogP) is 2.36. The Kier molecular flexibility index (Phi) is 2.38. The molecule has 0 aliphatic carbocycles. The van der Waals surface area contributed by atoms with E-state index in [9.17, 15) is 4.79 Å². The van der Waals surface area contributed by atoms with E-state index in [4.69, 9.17) is 21.4 Å². The number of ether oxygens (including phenoxy) is 1. The van der Waals surface area contributed by atoms with Gasteiger partial charge in [-0.2, -0.15) is 4.98 Å². The van der Waals surface area contributed by atoms with Crippen LogP contribution in [0.5, 0.6) is 5.75 Å². The molecule has 0 bridgehead atoms. The fraction of sp³-hybridized carbons (Fsp3) is 0.0833. The van der Waals surface area contributed by atoms with E-state index in [2.05, 4.69) is 9.97 Å². The van der Waals surface area contributed by atoms with Gasteiger partial charge in [0.2, 0.25) is 10.7 Å². The summed E-state index contributed by atoms with van der Waals surface area (Å²) in [6, 6.07) is 7.07. The van der Waals surface area contributed by atoms with Gasteiger partial charge in [0.25, 0.3) is 5.56 Å². The Hall–Kier alpha value is -2.21. The zero-order chi connectivity index (χ0) is 12.7. The van der Waals surface area contributed by atoms with Gasteiger partial charge in [-0.1, -0.05) is 0 Å². The van der Waals surface area contributed by atoms with Crippen molar-refractivity contribution >= 4 is 23.2 Å².